The lowest BCUT2D eigenvalue weighted by Crippen LogP contribution is -2.51. The van der Waals surface area contributed by atoms with Gasteiger partial charge in [-0.25, -0.2) is 4.98 Å². The maximum absolute atomic E-state index is 13.2. The van der Waals surface area contributed by atoms with Crippen LogP contribution in [0.4, 0.5) is 0 Å². The van der Waals surface area contributed by atoms with Crippen molar-refractivity contribution in [1.82, 2.24) is 24.9 Å². The minimum Gasteiger partial charge on any atom is -0.378 e. The smallest absolute Gasteiger partial charge is 0.271 e. The molecule has 0 atom stereocenters. The van der Waals surface area contributed by atoms with Gasteiger partial charge in [-0.2, -0.15) is 0 Å². The summed E-state index contributed by atoms with van der Waals surface area (Å²) < 4.78 is 6.92. The third-order valence-corrected chi connectivity index (χ3v) is 8.51. The number of amides is 3. The summed E-state index contributed by atoms with van der Waals surface area (Å²) in [5.41, 5.74) is 1.42. The van der Waals surface area contributed by atoms with E-state index in [0.29, 0.717) is 37.6 Å². The largest absolute Gasteiger partial charge is 0.378 e. The van der Waals surface area contributed by atoms with Crippen LogP contribution in [0.15, 0.2) is 24.4 Å². The summed E-state index contributed by atoms with van der Waals surface area (Å²) >= 11 is 0. The highest BCUT2D eigenvalue weighted by Crippen LogP contribution is 2.59. The van der Waals surface area contributed by atoms with Crippen molar-refractivity contribution >= 4 is 23.4 Å². The molecule has 4 saturated carbocycles. The Morgan fingerprint density at radius 2 is 1.66 bits per heavy atom. The van der Waals surface area contributed by atoms with Gasteiger partial charge in [0.2, 0.25) is 5.91 Å². The molecule has 9 nitrogen and oxygen atoms in total. The van der Waals surface area contributed by atoms with Gasteiger partial charge in [0.1, 0.15) is 17.0 Å². The summed E-state index contributed by atoms with van der Waals surface area (Å²) in [6.07, 6.45) is 9.43. The number of nitrogens with one attached hydrogen (secondary N) is 2. The van der Waals surface area contributed by atoms with Crippen LogP contribution < -0.4 is 10.6 Å². The van der Waals surface area contributed by atoms with E-state index in [1.54, 1.807) is 33.7 Å². The normalized spacial score (nSPS) is 29.4. The summed E-state index contributed by atoms with van der Waals surface area (Å²) in [4.78, 5) is 44.3. The molecule has 7 rings (SSSR count). The zero-order chi connectivity index (χ0) is 24.0. The molecular weight excluding hydrogens is 446 g/mol. The molecular formula is C26H33N5O4. The first-order chi connectivity index (χ1) is 17.0. The Hall–Kier alpha value is -2.94. The number of carbonyl (C=O) groups is 3. The summed E-state index contributed by atoms with van der Waals surface area (Å²) in [5.74, 6) is 1.80. The molecule has 4 aliphatic carbocycles. The lowest BCUT2D eigenvalue weighted by Gasteiger charge is -2.56. The van der Waals surface area contributed by atoms with Crippen LogP contribution in [-0.4, -0.2) is 71.4 Å². The average Bonchev–Trinajstić information content (AvgIpc) is 3.30. The van der Waals surface area contributed by atoms with Crippen molar-refractivity contribution in [2.45, 2.75) is 38.5 Å². The lowest BCUT2D eigenvalue weighted by molar-refractivity contribution is -0.134. The quantitative estimate of drug-likeness (QED) is 0.658. The van der Waals surface area contributed by atoms with Gasteiger partial charge in [-0.05, 0) is 73.8 Å². The van der Waals surface area contributed by atoms with Crippen LogP contribution in [0, 0.1) is 23.2 Å². The number of aromatic nitrogens is 2. The van der Waals surface area contributed by atoms with E-state index in [1.807, 2.05) is 0 Å². The van der Waals surface area contributed by atoms with Crippen LogP contribution in [0.25, 0.3) is 5.65 Å². The van der Waals surface area contributed by atoms with Crippen LogP contribution >= 0.6 is 0 Å². The number of pyridine rings is 1. The summed E-state index contributed by atoms with van der Waals surface area (Å²) in [6.45, 7) is 2.72. The highest BCUT2D eigenvalue weighted by Gasteiger charge is 2.50. The first kappa shape index (κ1) is 22.5. The molecule has 0 spiro atoms. The molecule has 3 heterocycles. The summed E-state index contributed by atoms with van der Waals surface area (Å²) in [6, 6.07) is 5.31. The minimum absolute atomic E-state index is 0.0921. The van der Waals surface area contributed by atoms with Gasteiger partial charge >= 0.3 is 0 Å². The molecule has 0 aromatic carbocycles. The highest BCUT2D eigenvalue weighted by atomic mass is 16.5. The molecule has 1 aliphatic heterocycles. The number of hydrogen-bond acceptors (Lipinski definition) is 5. The molecule has 5 aliphatic rings. The Kier molecular flexibility index (Phi) is 5.75. The minimum atomic E-state index is -0.435. The number of morpholine rings is 1. The molecule has 35 heavy (non-hydrogen) atoms. The number of fused-ring (bicyclic) bond motifs is 1. The molecule has 0 unspecified atom stereocenters. The van der Waals surface area contributed by atoms with E-state index in [2.05, 4.69) is 15.6 Å². The third-order valence-electron chi connectivity index (χ3n) is 8.51. The van der Waals surface area contributed by atoms with Crippen LogP contribution in [0.2, 0.25) is 0 Å². The van der Waals surface area contributed by atoms with Crippen LogP contribution in [0.5, 0.6) is 0 Å². The van der Waals surface area contributed by atoms with Crippen molar-refractivity contribution in [3.05, 3.63) is 35.8 Å². The molecule has 1 saturated heterocycles. The number of nitrogens with zero attached hydrogens (tertiary/aromatic N) is 3. The van der Waals surface area contributed by atoms with Gasteiger partial charge in [-0.1, -0.05) is 6.07 Å². The lowest BCUT2D eigenvalue weighted by atomic mass is 9.49. The predicted octanol–water partition coefficient (Wildman–Crippen LogP) is 1.87. The molecule has 2 aromatic heterocycles. The van der Waals surface area contributed by atoms with Gasteiger partial charge < -0.3 is 20.3 Å². The van der Waals surface area contributed by atoms with E-state index in [-0.39, 0.29) is 29.5 Å². The molecule has 3 amide bonds. The van der Waals surface area contributed by atoms with Crippen LogP contribution in [0.1, 0.15) is 59.5 Å². The Morgan fingerprint density at radius 1 is 0.971 bits per heavy atom. The van der Waals surface area contributed by atoms with Crippen molar-refractivity contribution < 1.29 is 19.1 Å². The van der Waals surface area contributed by atoms with E-state index in [9.17, 15) is 14.4 Å². The van der Waals surface area contributed by atoms with Crippen molar-refractivity contribution in [2.24, 2.45) is 23.2 Å². The monoisotopic (exact) mass is 479 g/mol. The summed E-state index contributed by atoms with van der Waals surface area (Å²) in [7, 11) is 0. The van der Waals surface area contributed by atoms with Crippen LogP contribution in [-0.2, 0) is 9.53 Å². The van der Waals surface area contributed by atoms with E-state index in [0.717, 1.165) is 24.3 Å². The second-order valence-corrected chi connectivity index (χ2v) is 11.0. The molecule has 2 aromatic rings. The van der Waals surface area contributed by atoms with Gasteiger partial charge in [0.05, 0.1) is 19.8 Å². The Balaban J connectivity index is 1.11. The van der Waals surface area contributed by atoms with Crippen molar-refractivity contribution in [3.8, 4) is 0 Å². The average molecular weight is 480 g/mol. The van der Waals surface area contributed by atoms with Gasteiger partial charge in [-0.3, -0.25) is 18.8 Å². The summed E-state index contributed by atoms with van der Waals surface area (Å²) in [5, 5.41) is 5.87. The maximum Gasteiger partial charge on any atom is 0.271 e. The van der Waals surface area contributed by atoms with E-state index in [1.165, 1.54) is 38.5 Å². The number of rotatable bonds is 6. The molecule has 4 bridgehead atoms. The van der Waals surface area contributed by atoms with Crippen LogP contribution in [0.3, 0.4) is 0 Å². The fourth-order valence-corrected chi connectivity index (χ4v) is 7.34. The van der Waals surface area contributed by atoms with Crippen molar-refractivity contribution in [2.75, 3.05) is 39.4 Å². The number of carbonyl (C=O) groups excluding carboxylic acids is 3. The van der Waals surface area contributed by atoms with Gasteiger partial charge in [0, 0.05) is 25.8 Å². The fraction of sp³-hybridized carbons (Fsp3) is 0.615. The molecule has 2 N–H and O–H groups in total. The fourth-order valence-electron chi connectivity index (χ4n) is 7.34. The molecule has 9 heteroatoms. The Morgan fingerprint density at radius 3 is 2.34 bits per heavy atom. The second-order valence-electron chi connectivity index (χ2n) is 11.0. The molecule has 5 fully saturated rings. The predicted molar refractivity (Wildman–Crippen MR) is 128 cm³/mol. The molecule has 186 valence electrons. The van der Waals surface area contributed by atoms with Crippen molar-refractivity contribution in [1.29, 1.82) is 0 Å². The second kappa shape index (κ2) is 8.93. The van der Waals surface area contributed by atoms with E-state index < -0.39 is 5.91 Å². The zero-order valence-electron chi connectivity index (χ0n) is 20.0. The zero-order valence-corrected chi connectivity index (χ0v) is 20.0. The first-order valence-corrected chi connectivity index (χ1v) is 12.9. The Bertz CT molecular complexity index is 1120. The van der Waals surface area contributed by atoms with Gasteiger partial charge in [0.15, 0.2) is 0 Å². The molecule has 0 radical (unpaired) electrons. The standard InChI is InChI=1S/C26H33N5O4/c32-23(30-4-6-35-7-5-30)14-27-24(33)20-15-31-21(2-1-3-22(31)29-20)25(34)28-16-26-11-17-8-18(12-26)10-19(9-17)13-26/h1-3,15,17-19H,4-14,16H2,(H,27,33)(H,28,34). The topological polar surface area (TPSA) is 105 Å². The van der Waals surface area contributed by atoms with Gasteiger partial charge in [0.25, 0.3) is 11.8 Å². The third kappa shape index (κ3) is 4.42. The highest BCUT2D eigenvalue weighted by molar-refractivity contribution is 5.97. The first-order valence-electron chi connectivity index (χ1n) is 12.9. The number of imidazole rings is 1. The number of ether oxygens (including phenoxy) is 1. The van der Waals surface area contributed by atoms with Crippen molar-refractivity contribution in [3.63, 3.8) is 0 Å². The van der Waals surface area contributed by atoms with Gasteiger partial charge in [-0.15, -0.1) is 0 Å². The maximum atomic E-state index is 13.2. The SMILES string of the molecule is O=C(NCC(=O)N1CCOCC1)c1cn2c(C(=O)NCC34CC5CC(CC(C5)C3)C4)cccc2n1. The van der Waals surface area contributed by atoms with E-state index >= 15 is 0 Å². The Labute approximate surface area is 204 Å². The van der Waals surface area contributed by atoms with E-state index in [4.69, 9.17) is 4.74 Å². The number of hydrogen-bond donors (Lipinski definition) is 2.